The minimum atomic E-state index is 0.551. The number of thiazole rings is 1. The second-order valence-corrected chi connectivity index (χ2v) is 6.19. The molecule has 102 valence electrons. The number of likely N-dealkylation sites (tertiary alicyclic amines) is 1. The van der Waals surface area contributed by atoms with E-state index in [1.165, 1.54) is 36.5 Å². The molecular formula is C14H25N3S. The predicted molar refractivity (Wildman–Crippen MR) is 77.8 cm³/mol. The van der Waals surface area contributed by atoms with Gasteiger partial charge in [-0.05, 0) is 31.7 Å². The number of hydrogen-bond acceptors (Lipinski definition) is 4. The van der Waals surface area contributed by atoms with Crippen LogP contribution in [0.2, 0.25) is 0 Å². The molecule has 2 rings (SSSR count). The Labute approximate surface area is 114 Å². The molecule has 1 aliphatic rings. The van der Waals surface area contributed by atoms with E-state index >= 15 is 0 Å². The average molecular weight is 267 g/mol. The van der Waals surface area contributed by atoms with Crippen LogP contribution >= 0.6 is 11.3 Å². The van der Waals surface area contributed by atoms with E-state index in [0.717, 1.165) is 25.4 Å². The molecule has 0 aromatic carbocycles. The number of nitrogens with zero attached hydrogens (tertiary/aromatic N) is 2. The number of nitrogens with two attached hydrogens (primary N) is 1. The van der Waals surface area contributed by atoms with Crippen LogP contribution in [0.15, 0.2) is 5.38 Å². The van der Waals surface area contributed by atoms with Gasteiger partial charge >= 0.3 is 0 Å². The first kappa shape index (κ1) is 14.0. The van der Waals surface area contributed by atoms with Gasteiger partial charge in [-0.3, -0.25) is 4.90 Å². The maximum absolute atomic E-state index is 5.94. The summed E-state index contributed by atoms with van der Waals surface area (Å²) >= 11 is 1.78. The Balaban J connectivity index is 1.95. The van der Waals surface area contributed by atoms with Crippen LogP contribution in [0.5, 0.6) is 0 Å². The highest BCUT2D eigenvalue weighted by atomic mass is 32.1. The number of aryl methyl sites for hydroxylation is 1. The maximum atomic E-state index is 5.94. The van der Waals surface area contributed by atoms with Gasteiger partial charge in [0.2, 0.25) is 0 Å². The molecule has 2 unspecified atom stereocenters. The third-order valence-electron chi connectivity index (χ3n) is 4.06. The smallest absolute Gasteiger partial charge is 0.0926 e. The summed E-state index contributed by atoms with van der Waals surface area (Å²) in [5.41, 5.74) is 7.16. The fourth-order valence-electron chi connectivity index (χ4n) is 2.80. The minimum absolute atomic E-state index is 0.551. The van der Waals surface area contributed by atoms with E-state index in [4.69, 9.17) is 5.73 Å². The number of aromatic nitrogens is 1. The summed E-state index contributed by atoms with van der Waals surface area (Å²) in [5, 5.41) is 3.45. The largest absolute Gasteiger partial charge is 0.329 e. The molecule has 1 aliphatic heterocycles. The molecule has 0 bridgehead atoms. The molecule has 18 heavy (non-hydrogen) atoms. The molecule has 3 nitrogen and oxygen atoms in total. The Bertz CT molecular complexity index is 364. The topological polar surface area (TPSA) is 42.2 Å². The van der Waals surface area contributed by atoms with Crippen LogP contribution in [-0.2, 0) is 13.0 Å². The highest BCUT2D eigenvalue weighted by Crippen LogP contribution is 2.26. The molecule has 0 aliphatic carbocycles. The Morgan fingerprint density at radius 2 is 2.33 bits per heavy atom. The van der Waals surface area contributed by atoms with Gasteiger partial charge in [-0.2, -0.15) is 0 Å². The van der Waals surface area contributed by atoms with Gasteiger partial charge in [0, 0.05) is 24.5 Å². The van der Waals surface area contributed by atoms with Crippen LogP contribution in [0.4, 0.5) is 0 Å². The van der Waals surface area contributed by atoms with Crippen LogP contribution in [0.3, 0.4) is 0 Å². The predicted octanol–water partition coefficient (Wildman–Crippen LogP) is 2.65. The minimum Gasteiger partial charge on any atom is -0.329 e. The molecule has 1 aromatic rings. The highest BCUT2D eigenvalue weighted by molar-refractivity contribution is 7.09. The van der Waals surface area contributed by atoms with Crippen molar-refractivity contribution in [3.63, 3.8) is 0 Å². The fourth-order valence-corrected chi connectivity index (χ4v) is 3.53. The Morgan fingerprint density at radius 1 is 1.50 bits per heavy atom. The number of rotatable bonds is 5. The van der Waals surface area contributed by atoms with Gasteiger partial charge in [0.05, 0.1) is 10.7 Å². The first-order chi connectivity index (χ1) is 8.76. The quantitative estimate of drug-likeness (QED) is 0.892. The summed E-state index contributed by atoms with van der Waals surface area (Å²) in [4.78, 5) is 7.20. The van der Waals surface area contributed by atoms with Crippen LogP contribution in [0, 0.1) is 5.92 Å². The molecule has 2 atom stereocenters. The number of piperidine rings is 1. The Kier molecular flexibility index (Phi) is 5.15. The van der Waals surface area contributed by atoms with Crippen molar-refractivity contribution in [2.45, 2.75) is 52.1 Å². The van der Waals surface area contributed by atoms with Gasteiger partial charge in [0.25, 0.3) is 0 Å². The maximum Gasteiger partial charge on any atom is 0.0926 e. The lowest BCUT2D eigenvalue weighted by Crippen LogP contribution is -2.46. The van der Waals surface area contributed by atoms with Gasteiger partial charge in [0.1, 0.15) is 0 Å². The molecule has 4 heteroatoms. The molecule has 2 heterocycles. The third-order valence-corrected chi connectivity index (χ3v) is 5.10. The zero-order valence-corrected chi connectivity index (χ0v) is 12.4. The normalized spacial score (nSPS) is 25.5. The molecule has 1 fully saturated rings. The molecule has 1 saturated heterocycles. The molecule has 0 spiro atoms. The Hall–Kier alpha value is -0.450. The summed E-state index contributed by atoms with van der Waals surface area (Å²) in [6.07, 6.45) is 4.92. The molecule has 0 radical (unpaired) electrons. The van der Waals surface area contributed by atoms with E-state index in [2.05, 4.69) is 29.1 Å². The van der Waals surface area contributed by atoms with E-state index < -0.39 is 0 Å². The van der Waals surface area contributed by atoms with Crippen molar-refractivity contribution in [2.75, 3.05) is 13.1 Å². The van der Waals surface area contributed by atoms with Crippen molar-refractivity contribution < 1.29 is 0 Å². The lowest BCUT2D eigenvalue weighted by molar-refractivity contribution is 0.106. The summed E-state index contributed by atoms with van der Waals surface area (Å²) in [7, 11) is 0. The summed E-state index contributed by atoms with van der Waals surface area (Å²) in [6, 6.07) is 0.551. The van der Waals surface area contributed by atoms with Gasteiger partial charge < -0.3 is 5.73 Å². The summed E-state index contributed by atoms with van der Waals surface area (Å²) in [6.45, 7) is 7.40. The average Bonchev–Trinajstić information content (AvgIpc) is 2.87. The van der Waals surface area contributed by atoms with Crippen LogP contribution in [0.25, 0.3) is 0 Å². The van der Waals surface area contributed by atoms with Gasteiger partial charge in [-0.1, -0.05) is 20.3 Å². The lowest BCUT2D eigenvalue weighted by Gasteiger charge is -2.38. The molecule has 1 aromatic heterocycles. The lowest BCUT2D eigenvalue weighted by atomic mass is 9.89. The SMILES string of the molecule is CCc1nc(CN2CCC(CC)CC2CN)cs1. The monoisotopic (exact) mass is 267 g/mol. The van der Waals surface area contributed by atoms with Crippen molar-refractivity contribution in [3.05, 3.63) is 16.1 Å². The summed E-state index contributed by atoms with van der Waals surface area (Å²) in [5.74, 6) is 0.872. The Morgan fingerprint density at radius 3 is 2.94 bits per heavy atom. The standard InChI is InChI=1S/C14H25N3S/c1-3-11-5-6-17(13(7-11)8-15)9-12-10-18-14(4-2)16-12/h10-11,13H,3-9,15H2,1-2H3. The van der Waals surface area contributed by atoms with Crippen molar-refractivity contribution in [3.8, 4) is 0 Å². The van der Waals surface area contributed by atoms with E-state index in [1.807, 2.05) is 0 Å². The van der Waals surface area contributed by atoms with Gasteiger partial charge in [0.15, 0.2) is 0 Å². The molecule has 0 saturated carbocycles. The van der Waals surface area contributed by atoms with Crippen molar-refractivity contribution in [2.24, 2.45) is 11.7 Å². The number of hydrogen-bond donors (Lipinski definition) is 1. The van der Waals surface area contributed by atoms with E-state index in [0.29, 0.717) is 6.04 Å². The van der Waals surface area contributed by atoms with Crippen LogP contribution < -0.4 is 5.73 Å². The second-order valence-electron chi connectivity index (χ2n) is 5.24. The highest BCUT2D eigenvalue weighted by Gasteiger charge is 2.26. The fraction of sp³-hybridized carbons (Fsp3) is 0.786. The zero-order valence-electron chi connectivity index (χ0n) is 11.6. The van der Waals surface area contributed by atoms with Gasteiger partial charge in [-0.15, -0.1) is 11.3 Å². The van der Waals surface area contributed by atoms with E-state index in [-0.39, 0.29) is 0 Å². The third kappa shape index (κ3) is 3.31. The van der Waals surface area contributed by atoms with Crippen molar-refractivity contribution in [1.82, 2.24) is 9.88 Å². The first-order valence-electron chi connectivity index (χ1n) is 7.14. The zero-order chi connectivity index (χ0) is 13.0. The summed E-state index contributed by atoms with van der Waals surface area (Å²) < 4.78 is 0. The second kappa shape index (κ2) is 6.64. The first-order valence-corrected chi connectivity index (χ1v) is 8.02. The van der Waals surface area contributed by atoms with E-state index in [1.54, 1.807) is 11.3 Å². The van der Waals surface area contributed by atoms with Crippen molar-refractivity contribution in [1.29, 1.82) is 0 Å². The van der Waals surface area contributed by atoms with Crippen LogP contribution in [-0.4, -0.2) is 29.0 Å². The van der Waals surface area contributed by atoms with E-state index in [9.17, 15) is 0 Å². The van der Waals surface area contributed by atoms with Crippen LogP contribution in [0.1, 0.15) is 43.8 Å². The van der Waals surface area contributed by atoms with Gasteiger partial charge in [-0.25, -0.2) is 4.98 Å². The molecule has 2 N–H and O–H groups in total. The molecular weight excluding hydrogens is 242 g/mol. The van der Waals surface area contributed by atoms with Crippen molar-refractivity contribution >= 4 is 11.3 Å². The molecule has 0 amide bonds.